The molecule has 0 amide bonds. The predicted octanol–water partition coefficient (Wildman–Crippen LogP) is 4.48. The van der Waals surface area contributed by atoms with Gasteiger partial charge in [0.2, 0.25) is 0 Å². The average molecular weight is 341 g/mol. The molecule has 4 nitrogen and oxygen atoms in total. The lowest BCUT2D eigenvalue weighted by Gasteiger charge is -2.32. The lowest BCUT2D eigenvalue weighted by molar-refractivity contribution is 0.316. The van der Waals surface area contributed by atoms with Crippen LogP contribution < -0.4 is 10.1 Å². The summed E-state index contributed by atoms with van der Waals surface area (Å²) in [4.78, 5) is 0. The van der Waals surface area contributed by atoms with Gasteiger partial charge in [0.25, 0.3) is 0 Å². The number of ether oxygens (including phenoxy) is 1. The van der Waals surface area contributed by atoms with Crippen molar-refractivity contribution in [2.75, 3.05) is 7.11 Å². The number of aryl methyl sites for hydroxylation is 2. The van der Waals surface area contributed by atoms with Crippen LogP contribution >= 0.6 is 0 Å². The summed E-state index contributed by atoms with van der Waals surface area (Å²) in [6.07, 6.45) is 5.96. The van der Waals surface area contributed by atoms with Crippen molar-refractivity contribution >= 4 is 0 Å². The first kappa shape index (κ1) is 18.0. The number of methoxy groups -OCH3 is 1. The Kier molecular flexibility index (Phi) is 5.48. The zero-order valence-corrected chi connectivity index (χ0v) is 16.1. The summed E-state index contributed by atoms with van der Waals surface area (Å²) >= 11 is 0. The van der Waals surface area contributed by atoms with Gasteiger partial charge in [-0.1, -0.05) is 38.0 Å². The Morgan fingerprint density at radius 3 is 2.60 bits per heavy atom. The summed E-state index contributed by atoms with van der Waals surface area (Å²) in [5.41, 5.74) is 5.09. The fourth-order valence-corrected chi connectivity index (χ4v) is 4.24. The van der Waals surface area contributed by atoms with Crippen LogP contribution in [0.5, 0.6) is 5.75 Å². The highest BCUT2D eigenvalue weighted by Crippen LogP contribution is 2.42. The molecular formula is C21H31N3O. The Morgan fingerprint density at radius 1 is 1.20 bits per heavy atom. The number of para-hydroxylation sites is 1. The normalized spacial score (nSPS) is 16.3. The minimum absolute atomic E-state index is 0.0122. The van der Waals surface area contributed by atoms with Crippen molar-refractivity contribution in [3.63, 3.8) is 0 Å². The lowest BCUT2D eigenvalue weighted by Crippen LogP contribution is -2.40. The van der Waals surface area contributed by atoms with E-state index in [0.717, 1.165) is 43.8 Å². The van der Waals surface area contributed by atoms with Gasteiger partial charge in [-0.25, -0.2) is 0 Å². The molecule has 1 aliphatic carbocycles. The van der Waals surface area contributed by atoms with E-state index in [0.29, 0.717) is 0 Å². The first-order chi connectivity index (χ1) is 12.1. The highest BCUT2D eigenvalue weighted by atomic mass is 16.5. The van der Waals surface area contributed by atoms with Crippen LogP contribution in [0.2, 0.25) is 0 Å². The molecule has 0 atom stereocenters. The third kappa shape index (κ3) is 3.45. The molecule has 1 N–H and O–H groups in total. The van der Waals surface area contributed by atoms with Gasteiger partial charge >= 0.3 is 0 Å². The van der Waals surface area contributed by atoms with Crippen molar-refractivity contribution in [2.45, 2.75) is 71.5 Å². The van der Waals surface area contributed by atoms with Crippen LogP contribution in [-0.2, 0) is 18.6 Å². The standard InChI is InChI=1S/C21H31N3O/c1-5-14-24-17(3)18(16(2)23-24)15-22-21(12-8-9-13-21)19-10-6-7-11-20(19)25-4/h6-7,10-11,22H,5,8-9,12-15H2,1-4H3. The maximum Gasteiger partial charge on any atom is 0.123 e. The fraction of sp³-hybridized carbons (Fsp3) is 0.571. The number of hydrogen-bond acceptors (Lipinski definition) is 3. The molecule has 0 radical (unpaired) electrons. The number of nitrogens with zero attached hydrogens (tertiary/aromatic N) is 2. The molecule has 0 unspecified atom stereocenters. The molecule has 1 saturated carbocycles. The molecule has 0 bridgehead atoms. The third-order valence-corrected chi connectivity index (χ3v) is 5.65. The molecule has 0 spiro atoms. The van der Waals surface area contributed by atoms with Crippen LogP contribution in [0.1, 0.15) is 61.5 Å². The predicted molar refractivity (Wildman–Crippen MR) is 102 cm³/mol. The van der Waals surface area contributed by atoms with Crippen LogP contribution in [0.15, 0.2) is 24.3 Å². The van der Waals surface area contributed by atoms with Gasteiger partial charge in [0.15, 0.2) is 0 Å². The second kappa shape index (κ2) is 7.61. The van der Waals surface area contributed by atoms with Crippen LogP contribution in [0, 0.1) is 13.8 Å². The molecule has 1 aliphatic rings. The molecule has 0 saturated heterocycles. The van der Waals surface area contributed by atoms with Gasteiger partial charge in [-0.2, -0.15) is 5.10 Å². The monoisotopic (exact) mass is 341 g/mol. The summed E-state index contributed by atoms with van der Waals surface area (Å²) in [6.45, 7) is 8.37. The van der Waals surface area contributed by atoms with E-state index in [-0.39, 0.29) is 5.54 Å². The second-order valence-corrected chi connectivity index (χ2v) is 7.22. The quantitative estimate of drug-likeness (QED) is 0.807. The topological polar surface area (TPSA) is 39.1 Å². The Bertz CT molecular complexity index is 714. The minimum atomic E-state index is 0.0122. The molecule has 1 aromatic carbocycles. The number of nitrogens with one attached hydrogen (secondary N) is 1. The Morgan fingerprint density at radius 2 is 1.92 bits per heavy atom. The first-order valence-corrected chi connectivity index (χ1v) is 9.52. The minimum Gasteiger partial charge on any atom is -0.496 e. The smallest absolute Gasteiger partial charge is 0.123 e. The van der Waals surface area contributed by atoms with Gasteiger partial charge in [0, 0.05) is 35.4 Å². The molecule has 4 heteroatoms. The molecule has 1 heterocycles. The summed E-state index contributed by atoms with van der Waals surface area (Å²) < 4.78 is 7.81. The van der Waals surface area contributed by atoms with Crippen LogP contribution in [0.4, 0.5) is 0 Å². The van der Waals surface area contributed by atoms with Crippen molar-refractivity contribution in [1.82, 2.24) is 15.1 Å². The van der Waals surface area contributed by atoms with E-state index in [2.05, 4.69) is 49.0 Å². The summed E-state index contributed by atoms with van der Waals surface area (Å²) in [7, 11) is 1.77. The van der Waals surface area contributed by atoms with Crippen molar-refractivity contribution in [3.05, 3.63) is 46.8 Å². The van der Waals surface area contributed by atoms with Gasteiger partial charge in [0.05, 0.1) is 12.8 Å². The second-order valence-electron chi connectivity index (χ2n) is 7.22. The molecule has 1 aromatic heterocycles. The highest BCUT2D eigenvalue weighted by Gasteiger charge is 2.37. The molecule has 25 heavy (non-hydrogen) atoms. The average Bonchev–Trinajstić information content (AvgIpc) is 3.20. The molecule has 2 aromatic rings. The van der Waals surface area contributed by atoms with Gasteiger partial charge < -0.3 is 10.1 Å². The maximum atomic E-state index is 5.66. The molecular weight excluding hydrogens is 310 g/mol. The van der Waals surface area contributed by atoms with Crippen molar-refractivity contribution in [1.29, 1.82) is 0 Å². The van der Waals surface area contributed by atoms with Gasteiger partial charge in [-0.15, -0.1) is 0 Å². The van der Waals surface area contributed by atoms with E-state index >= 15 is 0 Å². The Balaban J connectivity index is 1.87. The maximum absolute atomic E-state index is 5.66. The van der Waals surface area contributed by atoms with Crippen molar-refractivity contribution in [3.8, 4) is 5.75 Å². The first-order valence-electron chi connectivity index (χ1n) is 9.52. The van der Waals surface area contributed by atoms with Gasteiger partial charge in [0.1, 0.15) is 5.75 Å². The van der Waals surface area contributed by atoms with E-state index in [1.165, 1.54) is 29.7 Å². The summed E-state index contributed by atoms with van der Waals surface area (Å²) in [6, 6.07) is 8.47. The molecule has 136 valence electrons. The molecule has 1 fully saturated rings. The van der Waals surface area contributed by atoms with E-state index in [9.17, 15) is 0 Å². The van der Waals surface area contributed by atoms with Crippen molar-refractivity contribution < 1.29 is 4.74 Å². The Labute approximate surface area is 151 Å². The SMILES string of the molecule is CCCn1nc(C)c(CNC2(c3ccccc3OC)CCCC2)c1C. The summed E-state index contributed by atoms with van der Waals surface area (Å²) in [5.74, 6) is 0.993. The molecule has 3 rings (SSSR count). The number of benzene rings is 1. The highest BCUT2D eigenvalue weighted by molar-refractivity contribution is 5.40. The van der Waals surface area contributed by atoms with E-state index < -0.39 is 0 Å². The largest absolute Gasteiger partial charge is 0.496 e. The zero-order chi connectivity index (χ0) is 17.9. The lowest BCUT2D eigenvalue weighted by atomic mass is 9.87. The summed E-state index contributed by atoms with van der Waals surface area (Å²) in [5, 5.41) is 8.63. The number of rotatable bonds is 7. The van der Waals surface area contributed by atoms with Gasteiger partial charge in [-0.3, -0.25) is 4.68 Å². The fourth-order valence-electron chi connectivity index (χ4n) is 4.24. The van der Waals surface area contributed by atoms with Crippen LogP contribution in [0.3, 0.4) is 0 Å². The molecule has 0 aliphatic heterocycles. The van der Waals surface area contributed by atoms with Crippen LogP contribution in [-0.4, -0.2) is 16.9 Å². The van der Waals surface area contributed by atoms with E-state index in [4.69, 9.17) is 9.84 Å². The van der Waals surface area contributed by atoms with Crippen LogP contribution in [0.25, 0.3) is 0 Å². The van der Waals surface area contributed by atoms with E-state index in [1.807, 2.05) is 6.07 Å². The van der Waals surface area contributed by atoms with E-state index in [1.54, 1.807) is 7.11 Å². The number of hydrogen-bond donors (Lipinski definition) is 1. The third-order valence-electron chi connectivity index (χ3n) is 5.65. The van der Waals surface area contributed by atoms with Crippen molar-refractivity contribution in [2.24, 2.45) is 0 Å². The Hall–Kier alpha value is -1.81. The van der Waals surface area contributed by atoms with Gasteiger partial charge in [-0.05, 0) is 39.2 Å². The zero-order valence-electron chi connectivity index (χ0n) is 16.1. The number of aromatic nitrogens is 2.